The summed E-state index contributed by atoms with van der Waals surface area (Å²) in [5, 5.41) is 0.920. The first-order valence-electron chi connectivity index (χ1n) is 6.84. The lowest BCUT2D eigenvalue weighted by Gasteiger charge is -2.35. The Morgan fingerprint density at radius 2 is 1.90 bits per heavy atom. The van der Waals surface area contributed by atoms with E-state index in [9.17, 15) is 0 Å². The molecule has 2 aromatic rings. The van der Waals surface area contributed by atoms with E-state index in [1.807, 2.05) is 23.7 Å². The first-order valence-corrected chi connectivity index (χ1v) is 8.04. The summed E-state index contributed by atoms with van der Waals surface area (Å²) in [6.07, 6.45) is 3.71. The maximum Gasteiger partial charge on any atom is 0.0561 e. The minimum atomic E-state index is 0.920. The van der Waals surface area contributed by atoms with E-state index in [0.29, 0.717) is 0 Å². The van der Waals surface area contributed by atoms with Crippen molar-refractivity contribution >= 4 is 28.6 Å². The first kappa shape index (κ1) is 13.9. The van der Waals surface area contributed by atoms with Crippen LogP contribution in [0.5, 0.6) is 0 Å². The second-order valence-electron chi connectivity index (χ2n) is 5.10. The normalized spacial score (nSPS) is 16.6. The van der Waals surface area contributed by atoms with E-state index in [2.05, 4.69) is 39.9 Å². The zero-order chi connectivity index (χ0) is 13.9. The summed E-state index contributed by atoms with van der Waals surface area (Å²) < 4.78 is 0. The van der Waals surface area contributed by atoms with Gasteiger partial charge in [-0.2, -0.15) is 0 Å². The number of pyridine rings is 1. The van der Waals surface area contributed by atoms with E-state index in [1.54, 1.807) is 0 Å². The van der Waals surface area contributed by atoms with Gasteiger partial charge in [0.2, 0.25) is 0 Å². The van der Waals surface area contributed by atoms with Gasteiger partial charge in [0.25, 0.3) is 0 Å². The summed E-state index contributed by atoms with van der Waals surface area (Å²) in [7, 11) is 0. The maximum absolute atomic E-state index is 6.26. The number of halogens is 1. The van der Waals surface area contributed by atoms with E-state index in [0.717, 1.165) is 37.7 Å². The Labute approximate surface area is 128 Å². The molecule has 0 unspecified atom stereocenters. The number of anilines is 1. The van der Waals surface area contributed by atoms with E-state index in [-0.39, 0.29) is 0 Å². The number of rotatable bonds is 3. The minimum absolute atomic E-state index is 0.920. The Morgan fingerprint density at radius 1 is 1.20 bits per heavy atom. The van der Waals surface area contributed by atoms with Crippen molar-refractivity contribution in [2.24, 2.45) is 0 Å². The molecule has 0 bridgehead atoms. The molecule has 3 heterocycles. The van der Waals surface area contributed by atoms with Crippen molar-refractivity contribution in [3.63, 3.8) is 0 Å². The summed E-state index contributed by atoms with van der Waals surface area (Å²) in [5.41, 5.74) is 1.27. The largest absolute Gasteiger partial charge is 0.369 e. The highest BCUT2D eigenvalue weighted by atomic mass is 35.5. The van der Waals surface area contributed by atoms with Gasteiger partial charge in [0, 0.05) is 60.6 Å². The highest BCUT2D eigenvalue weighted by Crippen LogP contribution is 2.28. The molecule has 3 nitrogen and oxygen atoms in total. The van der Waals surface area contributed by atoms with E-state index < -0.39 is 0 Å². The third kappa shape index (κ3) is 3.14. The molecule has 20 heavy (non-hydrogen) atoms. The molecule has 2 aromatic heterocycles. The summed E-state index contributed by atoms with van der Waals surface area (Å²) in [4.78, 5) is 11.6. The predicted octanol–water partition coefficient (Wildman–Crippen LogP) is 3.43. The third-order valence-electron chi connectivity index (χ3n) is 3.65. The fourth-order valence-electron chi connectivity index (χ4n) is 2.56. The van der Waals surface area contributed by atoms with E-state index in [1.165, 1.54) is 15.4 Å². The number of aromatic nitrogens is 1. The molecular weight excluding hydrogens is 290 g/mol. The summed E-state index contributed by atoms with van der Waals surface area (Å²) in [5.74, 6) is 0. The van der Waals surface area contributed by atoms with Crippen molar-refractivity contribution in [2.75, 3.05) is 31.1 Å². The zero-order valence-electron chi connectivity index (χ0n) is 11.6. The molecule has 0 amide bonds. The fraction of sp³-hybridized carbons (Fsp3) is 0.400. The Hall–Kier alpha value is -1.10. The van der Waals surface area contributed by atoms with Gasteiger partial charge in [0.05, 0.1) is 5.02 Å². The van der Waals surface area contributed by atoms with Crippen LogP contribution in [0.15, 0.2) is 30.6 Å². The van der Waals surface area contributed by atoms with Crippen LogP contribution in [0.2, 0.25) is 5.02 Å². The lowest BCUT2D eigenvalue weighted by molar-refractivity contribution is 0.252. The molecule has 1 aliphatic heterocycles. The Bertz CT molecular complexity index is 562. The van der Waals surface area contributed by atoms with E-state index in [4.69, 9.17) is 11.6 Å². The second-order valence-corrected chi connectivity index (χ2v) is 6.84. The van der Waals surface area contributed by atoms with Crippen LogP contribution in [0.4, 0.5) is 5.69 Å². The first-order chi connectivity index (χ1) is 9.72. The van der Waals surface area contributed by atoms with Crippen LogP contribution in [0.1, 0.15) is 9.75 Å². The molecule has 1 aliphatic rings. The highest BCUT2D eigenvalue weighted by molar-refractivity contribution is 7.12. The van der Waals surface area contributed by atoms with Crippen LogP contribution >= 0.6 is 22.9 Å². The predicted molar refractivity (Wildman–Crippen MR) is 85.8 cm³/mol. The lowest BCUT2D eigenvalue weighted by atomic mass is 10.2. The molecule has 0 aliphatic carbocycles. The zero-order valence-corrected chi connectivity index (χ0v) is 13.1. The van der Waals surface area contributed by atoms with Crippen LogP contribution < -0.4 is 4.90 Å². The summed E-state index contributed by atoms with van der Waals surface area (Å²) in [6, 6.07) is 6.22. The molecule has 5 heteroatoms. The van der Waals surface area contributed by atoms with Crippen molar-refractivity contribution < 1.29 is 0 Å². The van der Waals surface area contributed by atoms with Crippen molar-refractivity contribution in [1.29, 1.82) is 0 Å². The highest BCUT2D eigenvalue weighted by Gasteiger charge is 2.18. The molecule has 3 rings (SSSR count). The quantitative estimate of drug-likeness (QED) is 0.866. The van der Waals surface area contributed by atoms with Gasteiger partial charge in [0.1, 0.15) is 0 Å². The number of hydrogen-bond acceptors (Lipinski definition) is 4. The molecule has 0 spiro atoms. The second kappa shape index (κ2) is 6.12. The lowest BCUT2D eigenvalue weighted by Crippen LogP contribution is -2.45. The standard InChI is InChI=1S/C15H18ClN3S/c1-12-10-14(16)15(20-12)11-18-6-8-19(9-7-18)13-2-4-17-5-3-13/h2-5,10H,6-9,11H2,1H3. The van der Waals surface area contributed by atoms with E-state index >= 15 is 0 Å². The third-order valence-corrected chi connectivity index (χ3v) is 5.13. The number of aryl methyl sites for hydroxylation is 1. The van der Waals surface area contributed by atoms with Gasteiger partial charge in [-0.3, -0.25) is 9.88 Å². The molecule has 0 aromatic carbocycles. The monoisotopic (exact) mass is 307 g/mol. The Morgan fingerprint density at radius 3 is 2.50 bits per heavy atom. The van der Waals surface area contributed by atoms with Crippen molar-refractivity contribution in [3.05, 3.63) is 45.4 Å². The molecule has 1 saturated heterocycles. The summed E-state index contributed by atoms with van der Waals surface area (Å²) in [6.45, 7) is 7.37. The van der Waals surface area contributed by atoms with Gasteiger partial charge in [0.15, 0.2) is 0 Å². The van der Waals surface area contributed by atoms with Crippen LogP contribution in [-0.4, -0.2) is 36.1 Å². The Balaban J connectivity index is 1.58. The van der Waals surface area contributed by atoms with Gasteiger partial charge >= 0.3 is 0 Å². The van der Waals surface area contributed by atoms with Gasteiger partial charge in [-0.15, -0.1) is 11.3 Å². The van der Waals surface area contributed by atoms with Crippen LogP contribution in [0, 0.1) is 6.92 Å². The summed E-state index contributed by atoms with van der Waals surface area (Å²) >= 11 is 8.06. The molecular formula is C15H18ClN3S. The minimum Gasteiger partial charge on any atom is -0.369 e. The number of piperazine rings is 1. The van der Waals surface area contributed by atoms with Gasteiger partial charge in [-0.1, -0.05) is 11.6 Å². The van der Waals surface area contributed by atoms with Crippen LogP contribution in [0.25, 0.3) is 0 Å². The number of nitrogens with zero attached hydrogens (tertiary/aromatic N) is 3. The topological polar surface area (TPSA) is 19.4 Å². The van der Waals surface area contributed by atoms with Gasteiger partial charge in [-0.05, 0) is 25.1 Å². The van der Waals surface area contributed by atoms with Crippen LogP contribution in [0.3, 0.4) is 0 Å². The Kier molecular flexibility index (Phi) is 4.24. The smallest absolute Gasteiger partial charge is 0.0561 e. The maximum atomic E-state index is 6.26. The average molecular weight is 308 g/mol. The van der Waals surface area contributed by atoms with Crippen molar-refractivity contribution in [1.82, 2.24) is 9.88 Å². The fourth-order valence-corrected chi connectivity index (χ4v) is 3.93. The average Bonchev–Trinajstić information content (AvgIpc) is 2.79. The molecule has 1 fully saturated rings. The molecule has 0 radical (unpaired) electrons. The SMILES string of the molecule is Cc1cc(Cl)c(CN2CCN(c3ccncc3)CC2)s1. The number of thiophene rings is 1. The molecule has 0 N–H and O–H groups in total. The molecule has 0 saturated carbocycles. The van der Waals surface area contributed by atoms with Crippen LogP contribution in [-0.2, 0) is 6.54 Å². The molecule has 106 valence electrons. The molecule has 0 atom stereocenters. The van der Waals surface area contributed by atoms with Gasteiger partial charge in [-0.25, -0.2) is 0 Å². The number of hydrogen-bond donors (Lipinski definition) is 0. The van der Waals surface area contributed by atoms with Crippen molar-refractivity contribution in [3.8, 4) is 0 Å². The van der Waals surface area contributed by atoms with Gasteiger partial charge < -0.3 is 4.90 Å². The van der Waals surface area contributed by atoms with Crippen molar-refractivity contribution in [2.45, 2.75) is 13.5 Å².